The van der Waals surface area contributed by atoms with Crippen molar-refractivity contribution in [3.8, 4) is 17.1 Å². The summed E-state index contributed by atoms with van der Waals surface area (Å²) >= 11 is 0. The van der Waals surface area contributed by atoms with Gasteiger partial charge in [0.2, 0.25) is 0 Å². The summed E-state index contributed by atoms with van der Waals surface area (Å²) < 4.78 is 8.12. The highest BCUT2D eigenvalue weighted by Gasteiger charge is 2.31. The average molecular weight is 552 g/mol. The topological polar surface area (TPSA) is 109 Å². The number of aliphatic imine (C=N–C) groups is 1. The number of anilines is 1. The van der Waals surface area contributed by atoms with Crippen LogP contribution in [0, 0.1) is 0 Å². The summed E-state index contributed by atoms with van der Waals surface area (Å²) in [6, 6.07) is 15.0. The van der Waals surface area contributed by atoms with Gasteiger partial charge in [-0.05, 0) is 30.0 Å². The maximum atomic E-state index is 6.09. The van der Waals surface area contributed by atoms with Gasteiger partial charge in [0.15, 0.2) is 0 Å². The third kappa shape index (κ3) is 6.55. The minimum Gasteiger partial charge on any atom is -0.492 e. The van der Waals surface area contributed by atoms with Crippen LogP contribution in [0.2, 0.25) is 0 Å². The summed E-state index contributed by atoms with van der Waals surface area (Å²) in [5, 5.41) is 3.40. The highest BCUT2D eigenvalue weighted by molar-refractivity contribution is 6.09. The first-order valence-corrected chi connectivity index (χ1v) is 14.3. The van der Waals surface area contributed by atoms with Crippen LogP contribution in [0.5, 0.6) is 5.75 Å². The second-order valence-electron chi connectivity index (χ2n) is 10.5. The van der Waals surface area contributed by atoms with Crippen molar-refractivity contribution in [3.63, 3.8) is 0 Å². The number of nitrogens with one attached hydrogen (secondary N) is 1. The molecule has 0 bridgehead atoms. The predicted molar refractivity (Wildman–Crippen MR) is 163 cm³/mol. The van der Waals surface area contributed by atoms with Crippen molar-refractivity contribution >= 4 is 23.3 Å². The summed E-state index contributed by atoms with van der Waals surface area (Å²) in [6.07, 6.45) is 11.5. The van der Waals surface area contributed by atoms with E-state index in [0.717, 1.165) is 71.0 Å². The van der Waals surface area contributed by atoms with Gasteiger partial charge in [-0.25, -0.2) is 15.0 Å². The van der Waals surface area contributed by atoms with E-state index in [1.807, 2.05) is 47.1 Å². The van der Waals surface area contributed by atoms with E-state index in [4.69, 9.17) is 10.5 Å². The number of benzene rings is 1. The van der Waals surface area contributed by atoms with E-state index < -0.39 is 0 Å². The lowest BCUT2D eigenvalue weighted by molar-refractivity contribution is 0.112. The number of imidazole rings is 1. The number of piperazine rings is 1. The molecule has 0 unspecified atom stereocenters. The van der Waals surface area contributed by atoms with Gasteiger partial charge in [-0.2, -0.15) is 0 Å². The maximum absolute atomic E-state index is 6.09. The first-order valence-electron chi connectivity index (χ1n) is 14.3. The highest BCUT2D eigenvalue weighted by atomic mass is 16.5. The van der Waals surface area contributed by atoms with Crippen molar-refractivity contribution in [3.05, 3.63) is 78.5 Å². The zero-order valence-corrected chi connectivity index (χ0v) is 23.5. The molecule has 10 heteroatoms. The molecule has 2 fully saturated rings. The van der Waals surface area contributed by atoms with Crippen LogP contribution in [0.1, 0.15) is 24.0 Å². The fraction of sp³-hybridized carbons (Fsp3) is 0.355. The number of nitrogens with zero attached hydrogens (tertiary/aromatic N) is 7. The summed E-state index contributed by atoms with van der Waals surface area (Å²) in [5.74, 6) is 1.57. The van der Waals surface area contributed by atoms with Crippen molar-refractivity contribution < 1.29 is 4.74 Å². The van der Waals surface area contributed by atoms with Crippen LogP contribution >= 0.6 is 0 Å². The lowest BCUT2D eigenvalue weighted by atomic mass is 10.1. The van der Waals surface area contributed by atoms with E-state index in [9.17, 15) is 0 Å². The van der Waals surface area contributed by atoms with Gasteiger partial charge >= 0.3 is 0 Å². The number of rotatable bonds is 11. The molecule has 0 spiro atoms. The molecule has 2 aliphatic rings. The van der Waals surface area contributed by atoms with E-state index in [1.165, 1.54) is 25.9 Å². The Hall–Kier alpha value is -4.28. The Labute approximate surface area is 240 Å². The predicted octanol–water partition coefficient (Wildman–Crippen LogP) is 3.56. The Balaban J connectivity index is 1.04. The Kier molecular flexibility index (Phi) is 8.20. The first kappa shape index (κ1) is 26.9. The van der Waals surface area contributed by atoms with Gasteiger partial charge in [0.1, 0.15) is 30.1 Å². The quantitative estimate of drug-likeness (QED) is 0.273. The summed E-state index contributed by atoms with van der Waals surface area (Å²) in [7, 11) is 1.73. The molecule has 3 N–H and O–H groups in total. The molecule has 1 aliphatic heterocycles. The molecular formula is C31H37N9O. The van der Waals surface area contributed by atoms with E-state index in [2.05, 4.69) is 47.2 Å². The Bertz CT molecular complexity index is 1520. The van der Waals surface area contributed by atoms with Gasteiger partial charge in [-0.3, -0.25) is 19.2 Å². The van der Waals surface area contributed by atoms with Crippen molar-refractivity contribution in [2.45, 2.75) is 25.4 Å². The maximum Gasteiger partial charge on any atom is 0.140 e. The second kappa shape index (κ2) is 12.5. The molecule has 212 valence electrons. The highest BCUT2D eigenvalue weighted by Crippen LogP contribution is 2.27. The lowest BCUT2D eigenvalue weighted by Crippen LogP contribution is -2.48. The van der Waals surface area contributed by atoms with Crippen LogP contribution in [0.15, 0.2) is 72.4 Å². The third-order valence-electron chi connectivity index (χ3n) is 7.77. The average Bonchev–Trinajstić information content (AvgIpc) is 3.78. The van der Waals surface area contributed by atoms with Gasteiger partial charge in [-0.15, -0.1) is 0 Å². The smallest absolute Gasteiger partial charge is 0.140 e. The lowest BCUT2D eigenvalue weighted by Gasteiger charge is -2.34. The van der Waals surface area contributed by atoms with Gasteiger partial charge in [0.05, 0.1) is 17.6 Å². The third-order valence-corrected chi connectivity index (χ3v) is 7.77. The number of ether oxygens (including phenoxy) is 1. The largest absolute Gasteiger partial charge is 0.492 e. The summed E-state index contributed by atoms with van der Waals surface area (Å²) in [5.41, 5.74) is 11.3. The molecule has 0 atom stereocenters. The van der Waals surface area contributed by atoms with Crippen molar-refractivity contribution in [1.82, 2.24) is 29.2 Å². The molecule has 1 aromatic carbocycles. The minimum atomic E-state index is 0.629. The SMILES string of the molecule is CN=C/C(=C\N)c1ccc(CNc2cc(-c3cnc4cc(OCCN5CCN(C6CC6)CC5)ccn34)ncn2)cc1. The molecule has 3 aromatic heterocycles. The Morgan fingerprint density at radius 2 is 1.90 bits per heavy atom. The Morgan fingerprint density at radius 1 is 1.07 bits per heavy atom. The fourth-order valence-corrected chi connectivity index (χ4v) is 5.28. The first-order chi connectivity index (χ1) is 20.2. The Morgan fingerprint density at radius 3 is 2.66 bits per heavy atom. The molecule has 4 aromatic rings. The fourth-order valence-electron chi connectivity index (χ4n) is 5.28. The summed E-state index contributed by atoms with van der Waals surface area (Å²) in [6.45, 7) is 6.88. The van der Waals surface area contributed by atoms with E-state index in [-0.39, 0.29) is 0 Å². The van der Waals surface area contributed by atoms with E-state index in [1.54, 1.807) is 25.8 Å². The number of hydrogen-bond donors (Lipinski definition) is 2. The van der Waals surface area contributed by atoms with Crippen molar-refractivity contribution in [2.75, 3.05) is 51.7 Å². The molecule has 41 heavy (non-hydrogen) atoms. The van der Waals surface area contributed by atoms with E-state index >= 15 is 0 Å². The number of nitrogens with two attached hydrogens (primary N) is 1. The number of fused-ring (bicyclic) bond motifs is 1. The normalized spacial score (nSPS) is 17.0. The number of hydrogen-bond acceptors (Lipinski definition) is 9. The molecule has 10 nitrogen and oxygen atoms in total. The molecule has 0 radical (unpaired) electrons. The standard InChI is InChI=1S/C31H37N9O/c1-33-20-25(18-32)24-4-2-23(3-5-24)19-34-30-17-28(36-22-37-30)29-21-35-31-16-27(8-9-40(29)31)41-15-14-38-10-12-39(13-11-38)26-6-7-26/h2-5,8-9,16-18,20-22,26H,6-7,10-15,19,32H2,1H3,(H,34,36,37)/b25-18+,33-20?. The molecule has 1 saturated carbocycles. The van der Waals surface area contributed by atoms with Crippen LogP contribution < -0.4 is 15.8 Å². The second-order valence-corrected chi connectivity index (χ2v) is 10.5. The zero-order chi connectivity index (χ0) is 28.0. The molecule has 4 heterocycles. The number of allylic oxidation sites excluding steroid dienone is 1. The molecular weight excluding hydrogens is 514 g/mol. The van der Waals surface area contributed by atoms with Crippen molar-refractivity contribution in [2.24, 2.45) is 10.7 Å². The molecule has 1 aliphatic carbocycles. The molecule has 1 saturated heterocycles. The van der Waals surface area contributed by atoms with Crippen LogP contribution in [0.3, 0.4) is 0 Å². The van der Waals surface area contributed by atoms with Gasteiger partial charge in [0, 0.05) is 88.7 Å². The number of aromatic nitrogens is 4. The van der Waals surface area contributed by atoms with Gasteiger partial charge in [-0.1, -0.05) is 24.3 Å². The summed E-state index contributed by atoms with van der Waals surface area (Å²) in [4.78, 5) is 22.7. The van der Waals surface area contributed by atoms with Crippen LogP contribution in [0.4, 0.5) is 5.82 Å². The van der Waals surface area contributed by atoms with Gasteiger partial charge in [0.25, 0.3) is 0 Å². The monoisotopic (exact) mass is 551 g/mol. The number of pyridine rings is 1. The molecule has 6 rings (SSSR count). The zero-order valence-electron chi connectivity index (χ0n) is 23.5. The van der Waals surface area contributed by atoms with Gasteiger partial charge < -0.3 is 15.8 Å². The van der Waals surface area contributed by atoms with Crippen LogP contribution in [-0.2, 0) is 6.54 Å². The minimum absolute atomic E-state index is 0.629. The molecule has 0 amide bonds. The van der Waals surface area contributed by atoms with E-state index in [0.29, 0.717) is 13.2 Å². The van der Waals surface area contributed by atoms with Crippen molar-refractivity contribution in [1.29, 1.82) is 0 Å². The van der Waals surface area contributed by atoms with Crippen LogP contribution in [-0.4, -0.2) is 87.8 Å². The van der Waals surface area contributed by atoms with Crippen LogP contribution in [0.25, 0.3) is 22.6 Å².